The van der Waals surface area contributed by atoms with Gasteiger partial charge in [0.2, 0.25) is 11.9 Å². The second-order valence-electron chi connectivity index (χ2n) is 4.47. The van der Waals surface area contributed by atoms with E-state index in [9.17, 15) is 4.79 Å². The van der Waals surface area contributed by atoms with Crippen LogP contribution in [-0.4, -0.2) is 33.6 Å². The molecule has 2 heterocycles. The van der Waals surface area contributed by atoms with Gasteiger partial charge in [0.05, 0.1) is 0 Å². The lowest BCUT2D eigenvalue weighted by molar-refractivity contribution is -0.120. The van der Waals surface area contributed by atoms with Crippen molar-refractivity contribution in [1.29, 1.82) is 0 Å². The molecule has 102 valence electrons. The van der Waals surface area contributed by atoms with E-state index in [1.807, 2.05) is 32.2 Å². The predicted octanol–water partition coefficient (Wildman–Crippen LogP) is 1.37. The lowest BCUT2D eigenvalue weighted by atomic mass is 10.3. The third-order valence-electron chi connectivity index (χ3n) is 2.69. The second-order valence-corrected chi connectivity index (χ2v) is 4.47. The minimum Gasteiger partial charge on any atom is -0.356 e. The van der Waals surface area contributed by atoms with Crippen molar-refractivity contribution in [3.63, 3.8) is 0 Å². The number of anilines is 1. The van der Waals surface area contributed by atoms with Gasteiger partial charge in [0, 0.05) is 25.7 Å². The molecule has 0 bridgehead atoms. The maximum absolute atomic E-state index is 11.4. The molecule has 0 saturated heterocycles. The van der Waals surface area contributed by atoms with E-state index in [1.165, 1.54) is 0 Å². The van der Waals surface area contributed by atoms with E-state index in [-0.39, 0.29) is 5.91 Å². The zero-order valence-electron chi connectivity index (χ0n) is 11.3. The Morgan fingerprint density at radius 3 is 3.00 bits per heavy atom. The van der Waals surface area contributed by atoms with Crippen LogP contribution < -0.4 is 10.6 Å². The van der Waals surface area contributed by atoms with Gasteiger partial charge in [0.15, 0.2) is 5.65 Å². The van der Waals surface area contributed by atoms with Crippen LogP contribution in [0.5, 0.6) is 0 Å². The molecule has 0 aromatic carbocycles. The average molecular weight is 261 g/mol. The molecule has 0 fully saturated rings. The van der Waals surface area contributed by atoms with Crippen molar-refractivity contribution in [2.24, 2.45) is 0 Å². The fourth-order valence-electron chi connectivity index (χ4n) is 1.70. The predicted molar refractivity (Wildman–Crippen MR) is 74.1 cm³/mol. The Morgan fingerprint density at radius 2 is 2.21 bits per heavy atom. The molecular weight excluding hydrogens is 242 g/mol. The van der Waals surface area contributed by atoms with Crippen LogP contribution >= 0.6 is 0 Å². The summed E-state index contributed by atoms with van der Waals surface area (Å²) in [5.74, 6) is 0.600. The lowest BCUT2D eigenvalue weighted by Gasteiger charge is -2.03. The number of amides is 1. The van der Waals surface area contributed by atoms with Gasteiger partial charge < -0.3 is 10.6 Å². The first kappa shape index (κ1) is 13.3. The Bertz CT molecular complexity index is 563. The number of carbonyl (C=O) groups excluding carboxylic acids is 1. The number of fused-ring (bicyclic) bond motifs is 1. The first-order valence-electron chi connectivity index (χ1n) is 6.52. The molecule has 2 rings (SSSR count). The third kappa shape index (κ3) is 3.67. The Morgan fingerprint density at radius 1 is 1.37 bits per heavy atom. The molecule has 0 unspecified atom stereocenters. The molecule has 2 N–H and O–H groups in total. The summed E-state index contributed by atoms with van der Waals surface area (Å²) in [6.07, 6.45) is 3.29. The topological polar surface area (TPSA) is 71.3 Å². The minimum absolute atomic E-state index is 0.0500. The summed E-state index contributed by atoms with van der Waals surface area (Å²) in [7, 11) is 0. The summed E-state index contributed by atoms with van der Waals surface area (Å²) in [5.41, 5.74) is 1.92. The molecule has 19 heavy (non-hydrogen) atoms. The Kier molecular flexibility index (Phi) is 4.33. The Hall–Kier alpha value is -2.11. The van der Waals surface area contributed by atoms with Gasteiger partial charge in [-0.15, -0.1) is 5.10 Å². The van der Waals surface area contributed by atoms with E-state index in [4.69, 9.17) is 0 Å². The number of nitrogens with zero attached hydrogens (tertiary/aromatic N) is 3. The number of aromatic nitrogens is 3. The summed E-state index contributed by atoms with van der Waals surface area (Å²) >= 11 is 0. The molecule has 0 aliphatic rings. The average Bonchev–Trinajstić information content (AvgIpc) is 2.78. The highest BCUT2D eigenvalue weighted by Gasteiger charge is 2.04. The normalized spacial score (nSPS) is 10.6. The van der Waals surface area contributed by atoms with Crippen LogP contribution in [0.1, 0.15) is 25.3 Å². The fourth-order valence-corrected chi connectivity index (χ4v) is 1.70. The fraction of sp³-hybridized carbons (Fsp3) is 0.462. The number of nitrogens with one attached hydrogen (secondary N) is 2. The van der Waals surface area contributed by atoms with E-state index < -0.39 is 0 Å². The number of hydrogen-bond acceptors (Lipinski definition) is 4. The highest BCUT2D eigenvalue weighted by Crippen LogP contribution is 2.06. The maximum Gasteiger partial charge on any atom is 0.243 e. The maximum atomic E-state index is 11.4. The highest BCUT2D eigenvalue weighted by molar-refractivity contribution is 5.76. The van der Waals surface area contributed by atoms with Crippen molar-refractivity contribution < 1.29 is 4.79 Å². The summed E-state index contributed by atoms with van der Waals surface area (Å²) in [4.78, 5) is 15.7. The monoisotopic (exact) mass is 261 g/mol. The van der Waals surface area contributed by atoms with Crippen molar-refractivity contribution in [2.45, 2.75) is 26.7 Å². The smallest absolute Gasteiger partial charge is 0.243 e. The first-order valence-corrected chi connectivity index (χ1v) is 6.52. The van der Waals surface area contributed by atoms with E-state index >= 15 is 0 Å². The van der Waals surface area contributed by atoms with Crippen molar-refractivity contribution in [3.8, 4) is 0 Å². The van der Waals surface area contributed by atoms with E-state index in [0.29, 0.717) is 18.9 Å². The van der Waals surface area contributed by atoms with Gasteiger partial charge in [-0.2, -0.15) is 4.98 Å². The molecule has 0 saturated carbocycles. The molecule has 2 aromatic heterocycles. The highest BCUT2D eigenvalue weighted by atomic mass is 16.1. The van der Waals surface area contributed by atoms with Crippen LogP contribution in [0.2, 0.25) is 0 Å². The number of hydrogen-bond donors (Lipinski definition) is 2. The van der Waals surface area contributed by atoms with Crippen LogP contribution in [0.25, 0.3) is 5.65 Å². The largest absolute Gasteiger partial charge is 0.356 e. The quantitative estimate of drug-likeness (QED) is 0.823. The molecule has 0 radical (unpaired) electrons. The zero-order chi connectivity index (χ0) is 13.7. The third-order valence-corrected chi connectivity index (χ3v) is 2.69. The Balaban J connectivity index is 1.86. The summed E-state index contributed by atoms with van der Waals surface area (Å²) in [6.45, 7) is 5.30. The van der Waals surface area contributed by atoms with Crippen molar-refractivity contribution in [3.05, 3.63) is 23.9 Å². The van der Waals surface area contributed by atoms with Gasteiger partial charge >= 0.3 is 0 Å². The standard InChI is InChI=1S/C13H19N5O/c1-3-7-14-12(19)6-8-15-13-16-11-5-4-10(2)9-18(11)17-13/h4-5,9H,3,6-8H2,1-2H3,(H,14,19)(H,15,17). The van der Waals surface area contributed by atoms with Crippen molar-refractivity contribution >= 4 is 17.5 Å². The van der Waals surface area contributed by atoms with Crippen LogP contribution in [0.4, 0.5) is 5.95 Å². The minimum atomic E-state index is 0.0500. The van der Waals surface area contributed by atoms with Crippen molar-refractivity contribution in [1.82, 2.24) is 19.9 Å². The van der Waals surface area contributed by atoms with Gasteiger partial charge in [-0.25, -0.2) is 4.52 Å². The molecule has 0 aliphatic heterocycles. The van der Waals surface area contributed by atoms with Crippen LogP contribution in [-0.2, 0) is 4.79 Å². The molecule has 0 spiro atoms. The molecule has 0 aliphatic carbocycles. The molecule has 1 amide bonds. The molecule has 6 nitrogen and oxygen atoms in total. The van der Waals surface area contributed by atoms with Crippen LogP contribution in [0.3, 0.4) is 0 Å². The number of aryl methyl sites for hydroxylation is 1. The lowest BCUT2D eigenvalue weighted by Crippen LogP contribution is -2.26. The van der Waals surface area contributed by atoms with E-state index in [2.05, 4.69) is 20.7 Å². The zero-order valence-corrected chi connectivity index (χ0v) is 11.3. The van der Waals surface area contributed by atoms with Gasteiger partial charge in [-0.3, -0.25) is 4.79 Å². The summed E-state index contributed by atoms with van der Waals surface area (Å²) in [6, 6.07) is 3.91. The molecule has 0 atom stereocenters. The van der Waals surface area contributed by atoms with E-state index in [0.717, 1.165) is 24.2 Å². The van der Waals surface area contributed by atoms with E-state index in [1.54, 1.807) is 4.52 Å². The summed E-state index contributed by atoms with van der Waals surface area (Å²) in [5, 5.41) is 10.2. The second kappa shape index (κ2) is 6.17. The summed E-state index contributed by atoms with van der Waals surface area (Å²) < 4.78 is 1.73. The number of rotatable bonds is 6. The SMILES string of the molecule is CCCNC(=O)CCNc1nc2ccc(C)cn2n1. The molecule has 2 aromatic rings. The number of pyridine rings is 1. The van der Waals surface area contributed by atoms with Crippen LogP contribution in [0.15, 0.2) is 18.3 Å². The van der Waals surface area contributed by atoms with Gasteiger partial charge in [0.1, 0.15) is 0 Å². The number of carbonyl (C=O) groups is 1. The van der Waals surface area contributed by atoms with Gasteiger partial charge in [-0.1, -0.05) is 13.0 Å². The van der Waals surface area contributed by atoms with Crippen LogP contribution in [0, 0.1) is 6.92 Å². The van der Waals surface area contributed by atoms with Gasteiger partial charge in [0.25, 0.3) is 0 Å². The van der Waals surface area contributed by atoms with Gasteiger partial charge in [-0.05, 0) is 25.0 Å². The molecular formula is C13H19N5O. The molecule has 6 heteroatoms. The first-order chi connectivity index (χ1) is 9.19. The Labute approximate surface area is 112 Å². The van der Waals surface area contributed by atoms with Crippen molar-refractivity contribution in [2.75, 3.05) is 18.4 Å².